The van der Waals surface area contributed by atoms with E-state index in [4.69, 9.17) is 27.9 Å². The number of hydrogen-bond donors (Lipinski definition) is 1. The first-order valence-corrected chi connectivity index (χ1v) is 6.20. The molecule has 0 aromatic heterocycles. The molecule has 2 nitrogen and oxygen atoms in total. The minimum atomic E-state index is 0.120. The average Bonchev–Trinajstić information content (AvgIpc) is 2.25. The lowest BCUT2D eigenvalue weighted by atomic mass is 10.1. The van der Waals surface area contributed by atoms with Gasteiger partial charge in [0, 0.05) is 16.7 Å². The first-order chi connectivity index (χ1) is 7.69. The van der Waals surface area contributed by atoms with E-state index < -0.39 is 0 Å². The third kappa shape index (κ3) is 3.95. The van der Waals surface area contributed by atoms with Crippen molar-refractivity contribution >= 4 is 23.2 Å². The normalized spacial score (nSPS) is 12.8. The lowest BCUT2D eigenvalue weighted by molar-refractivity contribution is 0.123. The van der Waals surface area contributed by atoms with Gasteiger partial charge in [0.1, 0.15) is 0 Å². The maximum absolute atomic E-state index is 6.16. The lowest BCUT2D eigenvalue weighted by Gasteiger charge is -2.19. The maximum atomic E-state index is 6.16. The topological polar surface area (TPSA) is 21.3 Å². The molecule has 0 heterocycles. The summed E-state index contributed by atoms with van der Waals surface area (Å²) in [6.45, 7) is 6.23. The van der Waals surface area contributed by atoms with Crippen molar-refractivity contribution in [2.75, 3.05) is 19.8 Å². The molecule has 0 spiro atoms. The molecule has 0 aliphatic rings. The van der Waals surface area contributed by atoms with Crippen LogP contribution in [-0.4, -0.2) is 19.8 Å². The van der Waals surface area contributed by atoms with Crippen LogP contribution in [0, 0.1) is 0 Å². The first-order valence-electron chi connectivity index (χ1n) is 5.45. The molecule has 1 rings (SSSR count). The van der Waals surface area contributed by atoms with Gasteiger partial charge in [-0.25, -0.2) is 0 Å². The Bertz CT molecular complexity index is 331. The standard InChI is InChI=1S/C12H17Cl2NO/c1-3-15-12(8-16-4-2)10-6-5-9(13)7-11(10)14/h5-7,12,15H,3-4,8H2,1-2H3. The van der Waals surface area contributed by atoms with Gasteiger partial charge in [-0.3, -0.25) is 0 Å². The predicted molar refractivity (Wildman–Crippen MR) is 69.4 cm³/mol. The summed E-state index contributed by atoms with van der Waals surface area (Å²) >= 11 is 12.0. The van der Waals surface area contributed by atoms with Crippen molar-refractivity contribution in [1.29, 1.82) is 0 Å². The zero-order chi connectivity index (χ0) is 12.0. The Morgan fingerprint density at radius 3 is 2.62 bits per heavy atom. The van der Waals surface area contributed by atoms with Crippen molar-refractivity contribution in [3.05, 3.63) is 33.8 Å². The number of benzene rings is 1. The summed E-state index contributed by atoms with van der Waals surface area (Å²) in [6, 6.07) is 5.67. The molecule has 1 atom stereocenters. The fourth-order valence-electron chi connectivity index (χ4n) is 1.52. The zero-order valence-electron chi connectivity index (χ0n) is 9.59. The van der Waals surface area contributed by atoms with Crippen molar-refractivity contribution in [2.45, 2.75) is 19.9 Å². The molecule has 16 heavy (non-hydrogen) atoms. The Morgan fingerprint density at radius 2 is 2.06 bits per heavy atom. The molecular weight excluding hydrogens is 245 g/mol. The Labute approximate surface area is 107 Å². The van der Waals surface area contributed by atoms with Crippen LogP contribution >= 0.6 is 23.2 Å². The minimum Gasteiger partial charge on any atom is -0.380 e. The van der Waals surface area contributed by atoms with E-state index in [2.05, 4.69) is 12.2 Å². The van der Waals surface area contributed by atoms with Crippen LogP contribution in [-0.2, 0) is 4.74 Å². The number of ether oxygens (including phenoxy) is 1. The molecule has 1 unspecified atom stereocenters. The lowest BCUT2D eigenvalue weighted by Crippen LogP contribution is -2.25. The van der Waals surface area contributed by atoms with Crippen molar-refractivity contribution in [2.24, 2.45) is 0 Å². The molecule has 0 aliphatic carbocycles. The van der Waals surface area contributed by atoms with E-state index in [-0.39, 0.29) is 6.04 Å². The van der Waals surface area contributed by atoms with Crippen LogP contribution < -0.4 is 5.32 Å². The van der Waals surface area contributed by atoms with Gasteiger partial charge in [-0.1, -0.05) is 36.2 Å². The van der Waals surface area contributed by atoms with Crippen LogP contribution in [0.25, 0.3) is 0 Å². The van der Waals surface area contributed by atoms with Crippen molar-refractivity contribution in [3.63, 3.8) is 0 Å². The largest absolute Gasteiger partial charge is 0.380 e. The Morgan fingerprint density at radius 1 is 1.31 bits per heavy atom. The Kier molecular flexibility index (Phi) is 6.14. The van der Waals surface area contributed by atoms with Gasteiger partial charge >= 0.3 is 0 Å². The van der Waals surface area contributed by atoms with Crippen molar-refractivity contribution in [3.8, 4) is 0 Å². The summed E-state index contributed by atoms with van der Waals surface area (Å²) in [6.07, 6.45) is 0. The van der Waals surface area contributed by atoms with Crippen LogP contribution in [0.3, 0.4) is 0 Å². The third-order valence-electron chi connectivity index (χ3n) is 2.28. The monoisotopic (exact) mass is 261 g/mol. The second-order valence-electron chi connectivity index (χ2n) is 3.44. The van der Waals surface area contributed by atoms with E-state index in [1.54, 1.807) is 6.07 Å². The molecule has 1 aromatic rings. The van der Waals surface area contributed by atoms with Crippen LogP contribution in [0.5, 0.6) is 0 Å². The van der Waals surface area contributed by atoms with E-state index >= 15 is 0 Å². The van der Waals surface area contributed by atoms with E-state index in [0.29, 0.717) is 23.3 Å². The van der Waals surface area contributed by atoms with Gasteiger partial charge in [-0.2, -0.15) is 0 Å². The molecule has 0 radical (unpaired) electrons. The highest BCUT2D eigenvalue weighted by molar-refractivity contribution is 6.35. The molecule has 1 N–H and O–H groups in total. The fraction of sp³-hybridized carbons (Fsp3) is 0.500. The predicted octanol–water partition coefficient (Wildman–Crippen LogP) is 3.68. The molecular formula is C12H17Cl2NO. The van der Waals surface area contributed by atoms with Gasteiger partial charge in [0.05, 0.1) is 12.6 Å². The fourth-order valence-corrected chi connectivity index (χ4v) is 2.07. The smallest absolute Gasteiger partial charge is 0.0661 e. The van der Waals surface area contributed by atoms with Crippen LogP contribution in [0.2, 0.25) is 10.0 Å². The number of rotatable bonds is 6. The van der Waals surface area contributed by atoms with Crippen LogP contribution in [0.15, 0.2) is 18.2 Å². The Balaban J connectivity index is 2.82. The van der Waals surface area contributed by atoms with E-state index in [9.17, 15) is 0 Å². The Hall–Kier alpha value is -0.280. The number of nitrogens with one attached hydrogen (secondary N) is 1. The van der Waals surface area contributed by atoms with Crippen LogP contribution in [0.1, 0.15) is 25.5 Å². The summed E-state index contributed by atoms with van der Waals surface area (Å²) in [5, 5.41) is 4.67. The van der Waals surface area contributed by atoms with Gasteiger partial charge in [-0.05, 0) is 31.2 Å². The van der Waals surface area contributed by atoms with Crippen LogP contribution in [0.4, 0.5) is 0 Å². The minimum absolute atomic E-state index is 0.120. The van der Waals surface area contributed by atoms with Gasteiger partial charge < -0.3 is 10.1 Å². The number of hydrogen-bond acceptors (Lipinski definition) is 2. The van der Waals surface area contributed by atoms with Crippen molar-refractivity contribution < 1.29 is 4.74 Å². The average molecular weight is 262 g/mol. The molecule has 0 saturated carbocycles. The highest BCUT2D eigenvalue weighted by atomic mass is 35.5. The summed E-state index contributed by atoms with van der Waals surface area (Å²) < 4.78 is 5.43. The zero-order valence-corrected chi connectivity index (χ0v) is 11.1. The van der Waals surface area contributed by atoms with Gasteiger partial charge in [-0.15, -0.1) is 0 Å². The molecule has 1 aromatic carbocycles. The SMILES string of the molecule is CCNC(COCC)c1ccc(Cl)cc1Cl. The van der Waals surface area contributed by atoms with Gasteiger partial charge in [0.2, 0.25) is 0 Å². The second-order valence-corrected chi connectivity index (χ2v) is 4.28. The number of likely N-dealkylation sites (N-methyl/N-ethyl adjacent to an activating group) is 1. The molecule has 0 aliphatic heterocycles. The van der Waals surface area contributed by atoms with Gasteiger partial charge in [0.15, 0.2) is 0 Å². The molecule has 90 valence electrons. The quantitative estimate of drug-likeness (QED) is 0.844. The summed E-state index contributed by atoms with van der Waals surface area (Å²) in [4.78, 5) is 0. The van der Waals surface area contributed by atoms with E-state index in [1.165, 1.54) is 0 Å². The summed E-state index contributed by atoms with van der Waals surface area (Å²) in [5.74, 6) is 0. The first kappa shape index (κ1) is 13.8. The molecule has 0 amide bonds. The summed E-state index contributed by atoms with van der Waals surface area (Å²) in [7, 11) is 0. The van der Waals surface area contributed by atoms with E-state index in [0.717, 1.165) is 12.1 Å². The molecule has 0 bridgehead atoms. The maximum Gasteiger partial charge on any atom is 0.0661 e. The second kappa shape index (κ2) is 7.13. The molecule has 0 saturated heterocycles. The van der Waals surface area contributed by atoms with E-state index in [1.807, 2.05) is 19.1 Å². The third-order valence-corrected chi connectivity index (χ3v) is 2.84. The number of halogens is 2. The highest BCUT2D eigenvalue weighted by Gasteiger charge is 2.13. The van der Waals surface area contributed by atoms with Crippen molar-refractivity contribution in [1.82, 2.24) is 5.32 Å². The molecule has 4 heteroatoms. The molecule has 0 fully saturated rings. The van der Waals surface area contributed by atoms with Gasteiger partial charge in [0.25, 0.3) is 0 Å². The summed E-state index contributed by atoms with van der Waals surface area (Å²) in [5.41, 5.74) is 1.03. The highest BCUT2D eigenvalue weighted by Crippen LogP contribution is 2.26.